The third kappa shape index (κ3) is 1.53. The molecular weight excluding hydrogens is 116 g/mol. The fourth-order valence-electron chi connectivity index (χ4n) is 0.962. The minimum atomic E-state index is -0.738. The van der Waals surface area contributed by atoms with Crippen LogP contribution < -0.4 is 0 Å². The molecule has 0 radical (unpaired) electrons. The van der Waals surface area contributed by atoms with E-state index in [2.05, 4.69) is 6.58 Å². The molecule has 1 aliphatic rings. The van der Waals surface area contributed by atoms with E-state index >= 15 is 0 Å². The molecule has 0 aromatic rings. The highest BCUT2D eigenvalue weighted by molar-refractivity contribution is 4.96. The second kappa shape index (κ2) is 2.50. The second-order valence-corrected chi connectivity index (χ2v) is 2.46. The Morgan fingerprint density at radius 2 is 2.44 bits per heavy atom. The first-order valence-electron chi connectivity index (χ1n) is 3.20. The van der Waals surface area contributed by atoms with Gasteiger partial charge in [0, 0.05) is 6.61 Å². The van der Waals surface area contributed by atoms with E-state index < -0.39 is 5.60 Å². The topological polar surface area (TPSA) is 29.5 Å². The maximum Gasteiger partial charge on any atom is 0.106 e. The fourth-order valence-corrected chi connectivity index (χ4v) is 0.962. The lowest BCUT2D eigenvalue weighted by Crippen LogP contribution is -2.35. The number of hydrogen-bond acceptors (Lipinski definition) is 2. The van der Waals surface area contributed by atoms with Gasteiger partial charge in [0.05, 0.1) is 6.61 Å². The van der Waals surface area contributed by atoms with Crippen LogP contribution in [0.1, 0.15) is 12.8 Å². The van der Waals surface area contributed by atoms with Crippen molar-refractivity contribution in [1.82, 2.24) is 0 Å². The van der Waals surface area contributed by atoms with Crippen molar-refractivity contribution in [2.45, 2.75) is 18.4 Å². The highest BCUT2D eigenvalue weighted by Crippen LogP contribution is 2.18. The van der Waals surface area contributed by atoms with Gasteiger partial charge in [-0.2, -0.15) is 0 Å². The van der Waals surface area contributed by atoms with Crippen molar-refractivity contribution in [3.8, 4) is 0 Å². The lowest BCUT2D eigenvalue weighted by molar-refractivity contribution is -0.0539. The van der Waals surface area contributed by atoms with E-state index in [-0.39, 0.29) is 0 Å². The van der Waals surface area contributed by atoms with Crippen LogP contribution in [0.2, 0.25) is 0 Å². The molecule has 0 aliphatic carbocycles. The number of aliphatic hydroxyl groups is 1. The first kappa shape index (κ1) is 6.78. The van der Waals surface area contributed by atoms with Crippen LogP contribution in [0.3, 0.4) is 0 Å². The van der Waals surface area contributed by atoms with Crippen molar-refractivity contribution in [1.29, 1.82) is 0 Å². The third-order valence-electron chi connectivity index (χ3n) is 1.63. The summed E-state index contributed by atoms with van der Waals surface area (Å²) in [6.07, 6.45) is 3.28. The van der Waals surface area contributed by atoms with Gasteiger partial charge in [-0.3, -0.25) is 0 Å². The van der Waals surface area contributed by atoms with Gasteiger partial charge < -0.3 is 9.84 Å². The fraction of sp³-hybridized carbons (Fsp3) is 0.714. The summed E-state index contributed by atoms with van der Waals surface area (Å²) in [7, 11) is 0. The van der Waals surface area contributed by atoms with Crippen LogP contribution in [0.5, 0.6) is 0 Å². The van der Waals surface area contributed by atoms with Crippen molar-refractivity contribution in [2.24, 2.45) is 0 Å². The van der Waals surface area contributed by atoms with E-state index in [0.29, 0.717) is 6.61 Å². The number of hydrogen-bond donors (Lipinski definition) is 1. The van der Waals surface area contributed by atoms with Crippen LogP contribution >= 0.6 is 0 Å². The molecule has 0 saturated carbocycles. The predicted octanol–water partition coefficient (Wildman–Crippen LogP) is 0.714. The third-order valence-corrected chi connectivity index (χ3v) is 1.63. The molecule has 1 rings (SSSR count). The molecule has 0 amide bonds. The summed E-state index contributed by atoms with van der Waals surface area (Å²) in [5.74, 6) is 0. The van der Waals surface area contributed by atoms with E-state index in [1.165, 1.54) is 0 Å². The molecule has 1 saturated heterocycles. The summed E-state index contributed by atoms with van der Waals surface area (Å²) in [4.78, 5) is 0. The normalized spacial score (nSPS) is 36.1. The quantitative estimate of drug-likeness (QED) is 0.527. The Morgan fingerprint density at radius 3 is 2.78 bits per heavy atom. The van der Waals surface area contributed by atoms with Crippen molar-refractivity contribution < 1.29 is 9.84 Å². The van der Waals surface area contributed by atoms with E-state index in [1.807, 2.05) is 0 Å². The zero-order chi connectivity index (χ0) is 6.74. The monoisotopic (exact) mass is 128 g/mol. The van der Waals surface area contributed by atoms with Gasteiger partial charge in [-0.05, 0) is 12.8 Å². The van der Waals surface area contributed by atoms with Crippen molar-refractivity contribution in [2.75, 3.05) is 13.2 Å². The smallest absolute Gasteiger partial charge is 0.106 e. The number of rotatable bonds is 1. The van der Waals surface area contributed by atoms with Crippen molar-refractivity contribution >= 4 is 0 Å². The lowest BCUT2D eigenvalue weighted by Gasteiger charge is -2.28. The molecule has 2 heteroatoms. The summed E-state index contributed by atoms with van der Waals surface area (Å²) in [6.45, 7) is 4.71. The molecule has 1 unspecified atom stereocenters. The Kier molecular flexibility index (Phi) is 1.88. The SMILES string of the molecule is C=CC1(O)CCCOC1. The molecule has 0 aromatic carbocycles. The van der Waals surface area contributed by atoms with Gasteiger partial charge in [-0.25, -0.2) is 0 Å². The van der Waals surface area contributed by atoms with Crippen LogP contribution in [0.4, 0.5) is 0 Å². The minimum absolute atomic E-state index is 0.413. The van der Waals surface area contributed by atoms with Crippen LogP contribution in [-0.4, -0.2) is 23.9 Å². The molecule has 0 bridgehead atoms. The Labute approximate surface area is 55.1 Å². The Morgan fingerprint density at radius 1 is 1.67 bits per heavy atom. The molecule has 1 heterocycles. The standard InChI is InChI=1S/C7H12O2/c1-2-7(8)4-3-5-9-6-7/h2,8H,1,3-6H2. The van der Waals surface area contributed by atoms with E-state index in [0.717, 1.165) is 19.4 Å². The van der Waals surface area contributed by atoms with E-state index in [9.17, 15) is 5.11 Å². The number of ether oxygens (including phenoxy) is 1. The molecule has 1 atom stereocenters. The zero-order valence-corrected chi connectivity index (χ0v) is 5.47. The van der Waals surface area contributed by atoms with Crippen LogP contribution in [0, 0.1) is 0 Å². The van der Waals surface area contributed by atoms with Crippen LogP contribution in [-0.2, 0) is 4.74 Å². The zero-order valence-electron chi connectivity index (χ0n) is 5.47. The summed E-state index contributed by atoms with van der Waals surface area (Å²) in [5.41, 5.74) is -0.738. The average Bonchev–Trinajstić information content (AvgIpc) is 1.90. The van der Waals surface area contributed by atoms with Crippen LogP contribution in [0.25, 0.3) is 0 Å². The highest BCUT2D eigenvalue weighted by atomic mass is 16.5. The molecule has 1 aliphatic heterocycles. The molecule has 0 spiro atoms. The van der Waals surface area contributed by atoms with Gasteiger partial charge in [0.2, 0.25) is 0 Å². The summed E-state index contributed by atoms with van der Waals surface area (Å²) in [6, 6.07) is 0. The summed E-state index contributed by atoms with van der Waals surface area (Å²) < 4.78 is 5.05. The van der Waals surface area contributed by atoms with Gasteiger partial charge in [0.1, 0.15) is 5.60 Å². The molecule has 2 nitrogen and oxygen atoms in total. The Bertz CT molecular complexity index is 103. The minimum Gasteiger partial charge on any atom is -0.383 e. The average molecular weight is 128 g/mol. The van der Waals surface area contributed by atoms with Gasteiger partial charge in [-0.15, -0.1) is 6.58 Å². The molecule has 1 N–H and O–H groups in total. The van der Waals surface area contributed by atoms with Gasteiger partial charge in [-0.1, -0.05) is 6.08 Å². The van der Waals surface area contributed by atoms with Crippen molar-refractivity contribution in [3.63, 3.8) is 0 Å². The molecule has 52 valence electrons. The van der Waals surface area contributed by atoms with Gasteiger partial charge >= 0.3 is 0 Å². The Balaban J connectivity index is 2.46. The Hall–Kier alpha value is -0.340. The molecule has 0 aromatic heterocycles. The maximum absolute atomic E-state index is 9.44. The van der Waals surface area contributed by atoms with Gasteiger partial charge in [0.25, 0.3) is 0 Å². The molecular formula is C7H12O2. The maximum atomic E-state index is 9.44. The largest absolute Gasteiger partial charge is 0.383 e. The molecule has 9 heavy (non-hydrogen) atoms. The van der Waals surface area contributed by atoms with Crippen molar-refractivity contribution in [3.05, 3.63) is 12.7 Å². The van der Waals surface area contributed by atoms with E-state index in [1.54, 1.807) is 6.08 Å². The van der Waals surface area contributed by atoms with Crippen LogP contribution in [0.15, 0.2) is 12.7 Å². The van der Waals surface area contributed by atoms with E-state index in [4.69, 9.17) is 4.74 Å². The summed E-state index contributed by atoms with van der Waals surface area (Å²) in [5, 5.41) is 9.44. The first-order valence-corrected chi connectivity index (χ1v) is 3.20. The lowest BCUT2D eigenvalue weighted by atomic mass is 9.97. The predicted molar refractivity (Wildman–Crippen MR) is 35.2 cm³/mol. The summed E-state index contributed by atoms with van der Waals surface area (Å²) >= 11 is 0. The first-order chi connectivity index (χ1) is 4.27. The highest BCUT2D eigenvalue weighted by Gasteiger charge is 2.25. The molecule has 1 fully saturated rings. The van der Waals surface area contributed by atoms with Gasteiger partial charge in [0.15, 0.2) is 0 Å². The second-order valence-electron chi connectivity index (χ2n) is 2.46.